The maximum absolute atomic E-state index is 10.6. The SMILES string of the molecule is O=CC(CC([N+](=O)[O-])[N+](=O)[O-])CC([N+](=O)[O-])[N+](=O)[O-]. The molecule has 0 bridgehead atoms. The lowest BCUT2D eigenvalue weighted by molar-refractivity contribution is -0.749. The van der Waals surface area contributed by atoms with Crippen molar-refractivity contribution in [2.45, 2.75) is 25.2 Å². The lowest BCUT2D eigenvalue weighted by Crippen LogP contribution is -2.36. The molecule has 19 heavy (non-hydrogen) atoms. The first-order chi connectivity index (χ1) is 8.70. The van der Waals surface area contributed by atoms with Crippen molar-refractivity contribution < 1.29 is 24.5 Å². The average molecular weight is 280 g/mol. The van der Waals surface area contributed by atoms with E-state index in [0.29, 0.717) is 0 Å². The molecule has 106 valence electrons. The first-order valence-corrected chi connectivity index (χ1v) is 4.70. The third-order valence-corrected chi connectivity index (χ3v) is 2.19. The van der Waals surface area contributed by atoms with Crippen LogP contribution in [0.15, 0.2) is 0 Å². The van der Waals surface area contributed by atoms with Crippen molar-refractivity contribution in [2.75, 3.05) is 0 Å². The van der Waals surface area contributed by atoms with Crippen LogP contribution in [0.25, 0.3) is 0 Å². The number of hydrogen-bond acceptors (Lipinski definition) is 9. The van der Waals surface area contributed by atoms with Gasteiger partial charge in [-0.1, -0.05) is 0 Å². The maximum atomic E-state index is 10.6. The number of carbonyl (C=O) groups excluding carboxylic acids is 1. The smallest absolute Gasteiger partial charge is 0.303 e. The van der Waals surface area contributed by atoms with E-state index >= 15 is 0 Å². The Hall–Kier alpha value is -2.73. The van der Waals surface area contributed by atoms with Crippen LogP contribution in [0.5, 0.6) is 0 Å². The van der Waals surface area contributed by atoms with Crippen LogP contribution in [-0.4, -0.2) is 38.3 Å². The van der Waals surface area contributed by atoms with E-state index < -0.39 is 50.8 Å². The molecule has 0 radical (unpaired) electrons. The first kappa shape index (κ1) is 16.3. The molecule has 0 atom stereocenters. The molecule has 0 N–H and O–H groups in total. The highest BCUT2D eigenvalue weighted by atomic mass is 16.7. The Bertz CT molecular complexity index is 348. The van der Waals surface area contributed by atoms with Gasteiger partial charge in [0.25, 0.3) is 0 Å². The van der Waals surface area contributed by atoms with Crippen LogP contribution in [0.3, 0.4) is 0 Å². The molecule has 0 rings (SSSR count). The van der Waals surface area contributed by atoms with Gasteiger partial charge in [-0.2, -0.15) is 0 Å². The van der Waals surface area contributed by atoms with Crippen LogP contribution in [0.2, 0.25) is 0 Å². The summed E-state index contributed by atoms with van der Waals surface area (Å²) in [7, 11) is 0. The Morgan fingerprint density at radius 3 is 1.16 bits per heavy atom. The van der Waals surface area contributed by atoms with Gasteiger partial charge >= 0.3 is 12.3 Å². The summed E-state index contributed by atoms with van der Waals surface area (Å²) < 4.78 is 0. The van der Waals surface area contributed by atoms with Gasteiger partial charge in [0, 0.05) is 5.92 Å². The summed E-state index contributed by atoms with van der Waals surface area (Å²) >= 11 is 0. The summed E-state index contributed by atoms with van der Waals surface area (Å²) in [5.41, 5.74) is 0. The summed E-state index contributed by atoms with van der Waals surface area (Å²) in [6.07, 6.45) is -6.56. The van der Waals surface area contributed by atoms with Gasteiger partial charge in [0.15, 0.2) is 0 Å². The molecule has 0 aromatic carbocycles. The molecule has 0 unspecified atom stereocenters. The van der Waals surface area contributed by atoms with Crippen molar-refractivity contribution in [1.29, 1.82) is 0 Å². The molecule has 0 aliphatic rings. The van der Waals surface area contributed by atoms with E-state index in [1.165, 1.54) is 0 Å². The lowest BCUT2D eigenvalue weighted by Gasteiger charge is -2.08. The first-order valence-electron chi connectivity index (χ1n) is 4.70. The molecule has 0 heterocycles. The molecule has 0 aliphatic carbocycles. The highest BCUT2D eigenvalue weighted by molar-refractivity contribution is 5.53. The van der Waals surface area contributed by atoms with Crippen LogP contribution in [0, 0.1) is 46.4 Å². The van der Waals surface area contributed by atoms with Gasteiger partial charge < -0.3 is 4.79 Å². The zero-order chi connectivity index (χ0) is 15.2. The highest BCUT2D eigenvalue weighted by Gasteiger charge is 2.41. The standard InChI is InChI=1S/C6H8N4O9/c11-3-4(1-5(7(12)13)8(14)15)2-6(9(16)17)10(18)19/h3-6H,1-2H2. The maximum Gasteiger partial charge on any atom is 0.451 e. The summed E-state index contributed by atoms with van der Waals surface area (Å²) in [4.78, 5) is 46.8. The topological polar surface area (TPSA) is 190 Å². The van der Waals surface area contributed by atoms with Gasteiger partial charge in [-0.15, -0.1) is 0 Å². The fourth-order valence-electron chi connectivity index (χ4n) is 1.25. The van der Waals surface area contributed by atoms with Crippen LogP contribution in [-0.2, 0) is 4.79 Å². The third-order valence-electron chi connectivity index (χ3n) is 2.19. The Kier molecular flexibility index (Phi) is 5.89. The van der Waals surface area contributed by atoms with E-state index in [1.807, 2.05) is 0 Å². The molecule has 0 fully saturated rings. The predicted molar refractivity (Wildman–Crippen MR) is 54.3 cm³/mol. The molecule has 0 aliphatic heterocycles. The van der Waals surface area contributed by atoms with Gasteiger partial charge in [-0.3, -0.25) is 40.5 Å². The minimum atomic E-state index is -2.34. The zero-order valence-corrected chi connectivity index (χ0v) is 9.19. The second-order valence-electron chi connectivity index (χ2n) is 3.47. The molecular formula is C6H8N4O9. The number of aldehydes is 1. The van der Waals surface area contributed by atoms with Crippen molar-refractivity contribution in [2.24, 2.45) is 5.92 Å². The lowest BCUT2D eigenvalue weighted by atomic mass is 10.00. The van der Waals surface area contributed by atoms with Crippen molar-refractivity contribution >= 4 is 6.29 Å². The van der Waals surface area contributed by atoms with Gasteiger partial charge in [0.2, 0.25) is 0 Å². The summed E-state index contributed by atoms with van der Waals surface area (Å²) in [6, 6.07) is 0. The molecule has 13 heteroatoms. The Morgan fingerprint density at radius 2 is 1.00 bits per heavy atom. The zero-order valence-electron chi connectivity index (χ0n) is 9.19. The molecule has 0 spiro atoms. The van der Waals surface area contributed by atoms with Crippen molar-refractivity contribution in [3.63, 3.8) is 0 Å². The van der Waals surface area contributed by atoms with Crippen LogP contribution in [0.1, 0.15) is 12.8 Å². The third kappa shape index (κ3) is 4.97. The monoisotopic (exact) mass is 280 g/mol. The fraction of sp³-hybridized carbons (Fsp3) is 0.833. The van der Waals surface area contributed by atoms with Gasteiger partial charge in [-0.25, -0.2) is 0 Å². The van der Waals surface area contributed by atoms with Crippen LogP contribution in [0.4, 0.5) is 0 Å². The van der Waals surface area contributed by atoms with E-state index in [-0.39, 0.29) is 6.29 Å². The minimum Gasteiger partial charge on any atom is -0.303 e. The molecule has 0 saturated carbocycles. The number of rotatable bonds is 9. The highest BCUT2D eigenvalue weighted by Crippen LogP contribution is 2.15. The second-order valence-corrected chi connectivity index (χ2v) is 3.47. The normalized spacial score (nSPS) is 10.7. The van der Waals surface area contributed by atoms with E-state index in [0.717, 1.165) is 0 Å². The fourth-order valence-corrected chi connectivity index (χ4v) is 1.25. The number of hydrogen-bond donors (Lipinski definition) is 0. The number of nitro groups is 4. The molecule has 0 aromatic rings. The summed E-state index contributed by atoms with van der Waals surface area (Å²) in [5, 5.41) is 41.3. The van der Waals surface area contributed by atoms with Crippen molar-refractivity contribution in [1.82, 2.24) is 0 Å². The van der Waals surface area contributed by atoms with Crippen LogP contribution < -0.4 is 0 Å². The van der Waals surface area contributed by atoms with E-state index in [2.05, 4.69) is 0 Å². The van der Waals surface area contributed by atoms with E-state index in [9.17, 15) is 45.3 Å². The van der Waals surface area contributed by atoms with E-state index in [1.54, 1.807) is 0 Å². The van der Waals surface area contributed by atoms with E-state index in [4.69, 9.17) is 0 Å². The van der Waals surface area contributed by atoms with Gasteiger partial charge in [-0.05, 0) is 0 Å². The van der Waals surface area contributed by atoms with Crippen molar-refractivity contribution in [3.05, 3.63) is 40.5 Å². The quantitative estimate of drug-likeness (QED) is 0.228. The van der Waals surface area contributed by atoms with Crippen molar-refractivity contribution in [3.8, 4) is 0 Å². The second kappa shape index (κ2) is 6.87. The molecule has 0 aromatic heterocycles. The van der Waals surface area contributed by atoms with Gasteiger partial charge in [0.1, 0.15) is 6.29 Å². The summed E-state index contributed by atoms with van der Waals surface area (Å²) in [6.45, 7) is 0. The molecular weight excluding hydrogens is 272 g/mol. The van der Waals surface area contributed by atoms with Gasteiger partial charge in [0.05, 0.1) is 32.5 Å². The summed E-state index contributed by atoms with van der Waals surface area (Å²) in [5.74, 6) is -1.53. The molecule has 0 saturated heterocycles. The minimum absolute atomic E-state index is 0.000000000000000444. The Balaban J connectivity index is 4.88. The Labute approximate surface area is 103 Å². The van der Waals surface area contributed by atoms with Crippen LogP contribution >= 0.6 is 0 Å². The number of nitrogens with zero attached hydrogens (tertiary/aromatic N) is 4. The molecule has 0 amide bonds. The predicted octanol–water partition coefficient (Wildman–Crippen LogP) is -0.659. The largest absolute Gasteiger partial charge is 0.451 e. The number of carbonyl (C=O) groups is 1. The Morgan fingerprint density at radius 1 is 0.737 bits per heavy atom. The average Bonchev–Trinajstić information content (AvgIpc) is 2.27. The molecule has 13 nitrogen and oxygen atoms in total.